The van der Waals surface area contributed by atoms with Crippen molar-refractivity contribution in [2.45, 2.75) is 0 Å². The van der Waals surface area contributed by atoms with Gasteiger partial charge < -0.3 is 5.11 Å². The van der Waals surface area contributed by atoms with Gasteiger partial charge in [-0.05, 0) is 12.1 Å². The van der Waals surface area contributed by atoms with Gasteiger partial charge in [-0.3, -0.25) is 0 Å². The van der Waals surface area contributed by atoms with Crippen molar-refractivity contribution < 1.29 is 5.11 Å². The highest BCUT2D eigenvalue weighted by atomic mass is 16.3. The monoisotopic (exact) mass is 171 g/mol. The van der Waals surface area contributed by atoms with Crippen molar-refractivity contribution in [3.63, 3.8) is 0 Å². The molecule has 0 spiro atoms. The molecule has 1 heterocycles. The number of hydrogen-bond acceptors (Lipinski definition) is 3. The average Bonchev–Trinajstić information content (AvgIpc) is 2.20. The van der Waals surface area contributed by atoms with E-state index < -0.39 is 0 Å². The zero-order chi connectivity index (χ0) is 9.10. The van der Waals surface area contributed by atoms with Gasteiger partial charge in [0.1, 0.15) is 12.1 Å². The molecule has 0 aliphatic carbocycles. The molecule has 0 atom stereocenters. The minimum Gasteiger partial charge on any atom is -0.507 e. The van der Waals surface area contributed by atoms with Gasteiger partial charge in [-0.25, -0.2) is 9.97 Å². The van der Waals surface area contributed by atoms with Crippen molar-refractivity contribution in [2.75, 3.05) is 0 Å². The van der Waals surface area contributed by atoms with E-state index in [1.165, 1.54) is 6.33 Å². The van der Waals surface area contributed by atoms with Crippen LogP contribution in [0.5, 0.6) is 5.75 Å². The molecule has 0 aliphatic rings. The van der Waals surface area contributed by atoms with Gasteiger partial charge in [0.15, 0.2) is 0 Å². The van der Waals surface area contributed by atoms with Crippen LogP contribution in [-0.2, 0) is 0 Å². The van der Waals surface area contributed by atoms with Crippen molar-refractivity contribution >= 4 is 0 Å². The SMILES string of the molecule is Oc1ccc[c]c1-c1cncnc1. The van der Waals surface area contributed by atoms with Gasteiger partial charge >= 0.3 is 0 Å². The van der Waals surface area contributed by atoms with Crippen LogP contribution >= 0.6 is 0 Å². The van der Waals surface area contributed by atoms with Crippen molar-refractivity contribution in [3.8, 4) is 16.9 Å². The smallest absolute Gasteiger partial charge is 0.124 e. The van der Waals surface area contributed by atoms with E-state index in [2.05, 4.69) is 16.0 Å². The van der Waals surface area contributed by atoms with Gasteiger partial charge in [0.2, 0.25) is 0 Å². The second-order valence-electron chi connectivity index (χ2n) is 2.56. The van der Waals surface area contributed by atoms with Crippen molar-refractivity contribution in [1.29, 1.82) is 0 Å². The second kappa shape index (κ2) is 3.23. The number of aromatic hydroxyl groups is 1. The minimum atomic E-state index is 0.192. The number of rotatable bonds is 1. The highest BCUT2D eigenvalue weighted by molar-refractivity contribution is 5.67. The maximum atomic E-state index is 9.48. The van der Waals surface area contributed by atoms with E-state index in [0.29, 0.717) is 5.56 Å². The molecule has 63 valence electrons. The van der Waals surface area contributed by atoms with Gasteiger partial charge in [0.25, 0.3) is 0 Å². The summed E-state index contributed by atoms with van der Waals surface area (Å²) in [6, 6.07) is 8.00. The van der Waals surface area contributed by atoms with Gasteiger partial charge in [-0.2, -0.15) is 0 Å². The maximum Gasteiger partial charge on any atom is 0.124 e. The molecule has 0 saturated carbocycles. The summed E-state index contributed by atoms with van der Waals surface area (Å²) in [6.07, 6.45) is 4.72. The Morgan fingerprint density at radius 1 is 1.23 bits per heavy atom. The zero-order valence-corrected chi connectivity index (χ0v) is 6.81. The Kier molecular flexibility index (Phi) is 1.92. The summed E-state index contributed by atoms with van der Waals surface area (Å²) in [4.78, 5) is 7.72. The van der Waals surface area contributed by atoms with E-state index in [4.69, 9.17) is 0 Å². The summed E-state index contributed by atoms with van der Waals surface area (Å²) in [7, 11) is 0. The molecule has 1 N–H and O–H groups in total. The molecule has 3 heteroatoms. The molecular weight excluding hydrogens is 164 g/mol. The molecule has 3 nitrogen and oxygen atoms in total. The molecule has 0 saturated heterocycles. The topological polar surface area (TPSA) is 46.0 Å². The van der Waals surface area contributed by atoms with Crippen LogP contribution in [0.25, 0.3) is 11.1 Å². The average molecular weight is 171 g/mol. The van der Waals surface area contributed by atoms with E-state index in [1.54, 1.807) is 30.6 Å². The van der Waals surface area contributed by atoms with Gasteiger partial charge in [-0.15, -0.1) is 0 Å². The third-order valence-electron chi connectivity index (χ3n) is 1.68. The van der Waals surface area contributed by atoms with Crippen molar-refractivity contribution in [2.24, 2.45) is 0 Å². The van der Waals surface area contributed by atoms with Crippen LogP contribution in [-0.4, -0.2) is 15.1 Å². The van der Waals surface area contributed by atoms with E-state index >= 15 is 0 Å². The van der Waals surface area contributed by atoms with E-state index in [-0.39, 0.29) is 5.75 Å². The fourth-order valence-corrected chi connectivity index (χ4v) is 1.09. The van der Waals surface area contributed by atoms with Crippen LogP contribution in [0, 0.1) is 6.07 Å². The summed E-state index contributed by atoms with van der Waals surface area (Å²) in [6.45, 7) is 0. The Balaban J connectivity index is 2.54. The highest BCUT2D eigenvalue weighted by Gasteiger charge is 2.02. The molecule has 0 unspecified atom stereocenters. The van der Waals surface area contributed by atoms with E-state index in [9.17, 15) is 5.11 Å². The van der Waals surface area contributed by atoms with Crippen molar-refractivity contribution in [3.05, 3.63) is 43.0 Å². The molecular formula is C10H7N2O. The molecule has 1 aromatic heterocycles. The Morgan fingerprint density at radius 3 is 2.69 bits per heavy atom. The molecule has 0 aliphatic heterocycles. The molecule has 1 aromatic carbocycles. The third-order valence-corrected chi connectivity index (χ3v) is 1.68. The standard InChI is InChI=1S/C10H7N2O/c13-10-4-2-1-3-9(10)8-5-11-7-12-6-8/h1-2,4-7,13H. The lowest BCUT2D eigenvalue weighted by Gasteiger charge is -2.01. The van der Waals surface area contributed by atoms with Crippen LogP contribution in [0.4, 0.5) is 0 Å². The predicted octanol–water partition coefficient (Wildman–Crippen LogP) is 1.65. The zero-order valence-electron chi connectivity index (χ0n) is 6.81. The summed E-state index contributed by atoms with van der Waals surface area (Å²) in [5, 5.41) is 9.48. The first-order chi connectivity index (χ1) is 6.38. The number of phenols is 1. The normalized spacial score (nSPS) is 9.85. The molecule has 1 radical (unpaired) electrons. The Bertz CT molecular complexity index is 401. The lowest BCUT2D eigenvalue weighted by atomic mass is 10.1. The molecule has 0 fully saturated rings. The first-order valence-corrected chi connectivity index (χ1v) is 3.83. The highest BCUT2D eigenvalue weighted by Crippen LogP contribution is 2.26. The number of hydrogen-bond donors (Lipinski definition) is 1. The molecule has 13 heavy (non-hydrogen) atoms. The fraction of sp³-hybridized carbons (Fsp3) is 0. The number of nitrogens with zero attached hydrogens (tertiary/aromatic N) is 2. The summed E-state index contributed by atoms with van der Waals surface area (Å²) < 4.78 is 0. The first-order valence-electron chi connectivity index (χ1n) is 3.83. The van der Waals surface area contributed by atoms with Gasteiger partial charge in [-0.1, -0.05) is 12.1 Å². The fourth-order valence-electron chi connectivity index (χ4n) is 1.09. The van der Waals surface area contributed by atoms with E-state index in [0.717, 1.165) is 5.56 Å². The lowest BCUT2D eigenvalue weighted by molar-refractivity contribution is 0.477. The molecule has 2 rings (SSSR count). The number of aromatic nitrogens is 2. The van der Waals surface area contributed by atoms with Crippen LogP contribution in [0.15, 0.2) is 36.9 Å². The van der Waals surface area contributed by atoms with Gasteiger partial charge in [0, 0.05) is 23.5 Å². The number of phenolic OH excluding ortho intramolecular Hbond substituents is 1. The van der Waals surface area contributed by atoms with Crippen LogP contribution < -0.4 is 0 Å². The predicted molar refractivity (Wildman–Crippen MR) is 48.0 cm³/mol. The van der Waals surface area contributed by atoms with E-state index in [1.807, 2.05) is 0 Å². The Morgan fingerprint density at radius 2 is 2.00 bits per heavy atom. The van der Waals surface area contributed by atoms with Crippen molar-refractivity contribution in [1.82, 2.24) is 9.97 Å². The molecule has 0 amide bonds. The molecule has 2 aromatic rings. The second-order valence-corrected chi connectivity index (χ2v) is 2.56. The van der Waals surface area contributed by atoms with Crippen LogP contribution in [0.1, 0.15) is 0 Å². The van der Waals surface area contributed by atoms with Gasteiger partial charge in [0.05, 0.1) is 0 Å². The maximum absolute atomic E-state index is 9.48. The minimum absolute atomic E-state index is 0.192. The first kappa shape index (κ1) is 7.73. The summed E-state index contributed by atoms with van der Waals surface area (Å²) >= 11 is 0. The Hall–Kier alpha value is -1.90. The third kappa shape index (κ3) is 1.49. The van der Waals surface area contributed by atoms with Crippen LogP contribution in [0.2, 0.25) is 0 Å². The quantitative estimate of drug-likeness (QED) is 0.709. The number of benzene rings is 1. The lowest BCUT2D eigenvalue weighted by Crippen LogP contribution is -1.82. The largest absolute Gasteiger partial charge is 0.507 e. The summed E-state index contributed by atoms with van der Waals surface area (Å²) in [5.41, 5.74) is 1.39. The summed E-state index contributed by atoms with van der Waals surface area (Å²) in [5.74, 6) is 0.192. The Labute approximate surface area is 75.7 Å². The van der Waals surface area contributed by atoms with Crippen LogP contribution in [0.3, 0.4) is 0 Å². The molecule has 0 bridgehead atoms.